The Balaban J connectivity index is 3.19. The molecule has 1 aromatic carbocycles. The van der Waals surface area contributed by atoms with Gasteiger partial charge in [0.2, 0.25) is 0 Å². The smallest absolute Gasteiger partial charge is 0.406 e. The Morgan fingerprint density at radius 1 is 0.857 bits per heavy atom. The van der Waals surface area contributed by atoms with Gasteiger partial charge in [-0.2, -0.15) is 0 Å². The van der Waals surface area contributed by atoms with Crippen LogP contribution in [0.4, 0.5) is 26.3 Å². The number of halogens is 6. The maximum Gasteiger partial charge on any atom is 0.573 e. The number of hydrogen-bond donors (Lipinski definition) is 1. The van der Waals surface area contributed by atoms with Crippen LogP contribution in [0.2, 0.25) is 0 Å². The zero-order valence-electron chi connectivity index (χ0n) is 11.0. The van der Waals surface area contributed by atoms with Crippen molar-refractivity contribution >= 4 is 0 Å². The average molecular weight is 317 g/mol. The minimum atomic E-state index is -5.03. The van der Waals surface area contributed by atoms with E-state index in [2.05, 4.69) is 9.47 Å². The molecule has 120 valence electrons. The van der Waals surface area contributed by atoms with Crippen LogP contribution >= 0.6 is 0 Å². The number of hydrogen-bond acceptors (Lipinski definition) is 3. The molecule has 0 spiro atoms. The van der Waals surface area contributed by atoms with Gasteiger partial charge in [0.25, 0.3) is 0 Å². The predicted octanol–water partition coefficient (Wildman–Crippen LogP) is 4.14. The molecule has 0 saturated heterocycles. The van der Waals surface area contributed by atoms with Gasteiger partial charge in [0.05, 0.1) is 0 Å². The normalized spacial score (nSPS) is 14.2. The summed E-state index contributed by atoms with van der Waals surface area (Å²) in [6, 6.07) is 1.60. The molecular weight excluding hydrogens is 304 g/mol. The van der Waals surface area contributed by atoms with E-state index in [1.807, 2.05) is 0 Å². The van der Waals surface area contributed by atoms with Gasteiger partial charge in [0.1, 0.15) is 11.5 Å². The molecule has 21 heavy (non-hydrogen) atoms. The molecule has 1 unspecified atom stereocenters. The Kier molecular flexibility index (Phi) is 4.98. The van der Waals surface area contributed by atoms with Gasteiger partial charge in [-0.25, -0.2) is 0 Å². The molecular formula is C12H13F6NO2. The van der Waals surface area contributed by atoms with E-state index in [0.29, 0.717) is 6.07 Å². The summed E-state index contributed by atoms with van der Waals surface area (Å²) in [5.74, 6) is -1.85. The summed E-state index contributed by atoms with van der Waals surface area (Å²) in [7, 11) is 0. The topological polar surface area (TPSA) is 44.5 Å². The highest BCUT2D eigenvalue weighted by atomic mass is 19.4. The van der Waals surface area contributed by atoms with Crippen molar-refractivity contribution in [1.82, 2.24) is 0 Å². The Bertz CT molecular complexity index is 449. The number of nitrogens with two attached hydrogens (primary N) is 1. The van der Waals surface area contributed by atoms with E-state index in [1.54, 1.807) is 13.8 Å². The quantitative estimate of drug-likeness (QED) is 0.849. The monoisotopic (exact) mass is 317 g/mol. The van der Waals surface area contributed by atoms with Crippen LogP contribution in [-0.2, 0) is 0 Å². The SMILES string of the molecule is CC(C)C(N)c1cc(OC(F)(F)F)cc(OC(F)(F)F)c1. The molecule has 0 fully saturated rings. The van der Waals surface area contributed by atoms with Gasteiger partial charge in [0, 0.05) is 12.1 Å². The molecule has 9 heteroatoms. The minimum absolute atomic E-state index is 0.0472. The van der Waals surface area contributed by atoms with Gasteiger partial charge >= 0.3 is 12.7 Å². The Morgan fingerprint density at radius 3 is 1.52 bits per heavy atom. The van der Waals surface area contributed by atoms with Crippen molar-refractivity contribution in [2.75, 3.05) is 0 Å². The summed E-state index contributed by atoms with van der Waals surface area (Å²) < 4.78 is 80.4. The highest BCUT2D eigenvalue weighted by Crippen LogP contribution is 2.34. The summed E-state index contributed by atoms with van der Waals surface area (Å²) in [4.78, 5) is 0. The van der Waals surface area contributed by atoms with Crippen LogP contribution in [0.25, 0.3) is 0 Å². The van der Waals surface area contributed by atoms with Crippen LogP contribution < -0.4 is 15.2 Å². The first kappa shape index (κ1) is 17.4. The van der Waals surface area contributed by atoms with Crippen LogP contribution in [0.1, 0.15) is 25.5 Å². The molecule has 3 nitrogen and oxygen atoms in total. The standard InChI is InChI=1S/C12H13F6NO2/c1-6(2)10(19)7-3-8(20-11(13,14)15)5-9(4-7)21-12(16,17)18/h3-6,10H,19H2,1-2H3. The van der Waals surface area contributed by atoms with Gasteiger partial charge in [0.15, 0.2) is 0 Å². The summed E-state index contributed by atoms with van der Waals surface area (Å²) in [5, 5.41) is 0. The molecule has 2 N–H and O–H groups in total. The van der Waals surface area contributed by atoms with Gasteiger partial charge in [-0.05, 0) is 23.6 Å². The van der Waals surface area contributed by atoms with Crippen molar-refractivity contribution in [3.63, 3.8) is 0 Å². The second kappa shape index (κ2) is 6.00. The molecule has 1 rings (SSSR count). The summed E-state index contributed by atoms with van der Waals surface area (Å²) in [6.45, 7) is 3.35. The predicted molar refractivity (Wildman–Crippen MR) is 61.6 cm³/mol. The summed E-state index contributed by atoms with van der Waals surface area (Å²) in [5.41, 5.74) is 5.78. The van der Waals surface area contributed by atoms with Crippen LogP contribution in [-0.4, -0.2) is 12.7 Å². The maximum atomic E-state index is 12.2. The lowest BCUT2D eigenvalue weighted by atomic mass is 9.97. The number of benzene rings is 1. The average Bonchev–Trinajstić information content (AvgIpc) is 2.22. The van der Waals surface area contributed by atoms with E-state index in [9.17, 15) is 26.3 Å². The number of ether oxygens (including phenoxy) is 2. The molecule has 0 heterocycles. The van der Waals surface area contributed by atoms with Crippen molar-refractivity contribution < 1.29 is 35.8 Å². The first-order chi connectivity index (χ1) is 9.37. The van der Waals surface area contributed by atoms with Crippen molar-refractivity contribution in [2.45, 2.75) is 32.6 Å². The lowest BCUT2D eigenvalue weighted by Crippen LogP contribution is -2.21. The van der Waals surface area contributed by atoms with Crippen LogP contribution in [0.5, 0.6) is 11.5 Å². The van der Waals surface area contributed by atoms with Crippen molar-refractivity contribution in [3.8, 4) is 11.5 Å². The van der Waals surface area contributed by atoms with Crippen molar-refractivity contribution in [1.29, 1.82) is 0 Å². The molecule has 0 aliphatic carbocycles. The third-order valence-electron chi connectivity index (χ3n) is 2.47. The zero-order valence-corrected chi connectivity index (χ0v) is 11.0. The first-order valence-corrected chi connectivity index (χ1v) is 5.79. The van der Waals surface area contributed by atoms with E-state index in [4.69, 9.17) is 5.73 Å². The molecule has 1 atom stereocenters. The van der Waals surface area contributed by atoms with Crippen molar-refractivity contribution in [2.24, 2.45) is 11.7 Å². The molecule has 1 aromatic rings. The fraction of sp³-hybridized carbons (Fsp3) is 0.500. The Morgan fingerprint density at radius 2 is 1.24 bits per heavy atom. The summed E-state index contributed by atoms with van der Waals surface area (Å²) >= 11 is 0. The van der Waals surface area contributed by atoms with E-state index < -0.39 is 30.3 Å². The van der Waals surface area contributed by atoms with E-state index in [-0.39, 0.29) is 11.5 Å². The van der Waals surface area contributed by atoms with E-state index in [0.717, 1.165) is 12.1 Å². The third kappa shape index (κ3) is 6.11. The second-order valence-electron chi connectivity index (χ2n) is 4.60. The molecule has 0 aliphatic heterocycles. The molecule has 0 bridgehead atoms. The third-order valence-corrected chi connectivity index (χ3v) is 2.47. The van der Waals surface area contributed by atoms with Gasteiger partial charge in [-0.3, -0.25) is 0 Å². The van der Waals surface area contributed by atoms with Gasteiger partial charge < -0.3 is 15.2 Å². The number of rotatable bonds is 4. The largest absolute Gasteiger partial charge is 0.573 e. The first-order valence-electron chi connectivity index (χ1n) is 5.79. The summed E-state index contributed by atoms with van der Waals surface area (Å²) in [6.07, 6.45) is -10.1. The fourth-order valence-electron chi connectivity index (χ4n) is 1.56. The molecule has 0 aliphatic rings. The lowest BCUT2D eigenvalue weighted by Gasteiger charge is -2.19. The molecule has 0 saturated carbocycles. The van der Waals surface area contributed by atoms with Crippen LogP contribution in [0, 0.1) is 5.92 Å². The Hall–Kier alpha value is -1.64. The maximum absolute atomic E-state index is 12.2. The zero-order chi connectivity index (χ0) is 16.4. The van der Waals surface area contributed by atoms with E-state index >= 15 is 0 Å². The van der Waals surface area contributed by atoms with Crippen molar-refractivity contribution in [3.05, 3.63) is 23.8 Å². The minimum Gasteiger partial charge on any atom is -0.406 e. The molecule has 0 amide bonds. The van der Waals surface area contributed by atoms with Gasteiger partial charge in [-0.15, -0.1) is 26.3 Å². The number of alkyl halides is 6. The van der Waals surface area contributed by atoms with Crippen LogP contribution in [0.15, 0.2) is 18.2 Å². The molecule has 0 radical (unpaired) electrons. The lowest BCUT2D eigenvalue weighted by molar-refractivity contribution is -0.276. The highest BCUT2D eigenvalue weighted by molar-refractivity contribution is 5.40. The second-order valence-corrected chi connectivity index (χ2v) is 4.60. The Labute approximate surface area is 116 Å². The fourth-order valence-corrected chi connectivity index (χ4v) is 1.56. The van der Waals surface area contributed by atoms with Crippen LogP contribution in [0.3, 0.4) is 0 Å². The highest BCUT2D eigenvalue weighted by Gasteiger charge is 2.34. The van der Waals surface area contributed by atoms with Gasteiger partial charge in [-0.1, -0.05) is 13.8 Å². The molecule has 0 aromatic heterocycles. The van der Waals surface area contributed by atoms with E-state index in [1.165, 1.54) is 0 Å².